The number of aliphatic carboxylic acids is 1. The number of rotatable bonds is 9. The molecule has 8 nitrogen and oxygen atoms in total. The maximum atomic E-state index is 14.5. The molecule has 2 aliphatic heterocycles. The van der Waals surface area contributed by atoms with Crippen LogP contribution in [-0.2, 0) is 16.0 Å². The summed E-state index contributed by atoms with van der Waals surface area (Å²) >= 11 is 5.84. The molecule has 1 aromatic carbocycles. The average molecular weight is 509 g/mol. The molecule has 1 aromatic heterocycles. The predicted octanol–water partition coefficient (Wildman–Crippen LogP) is 3.57. The maximum absolute atomic E-state index is 14.5. The Morgan fingerprint density at radius 2 is 1.74 bits per heavy atom. The summed E-state index contributed by atoms with van der Waals surface area (Å²) in [6.45, 7) is 2.18. The lowest BCUT2D eigenvalue weighted by Crippen LogP contribution is -2.53. The summed E-state index contributed by atoms with van der Waals surface area (Å²) in [4.78, 5) is 35.0. The number of halogens is 3. The van der Waals surface area contributed by atoms with Crippen molar-refractivity contribution in [1.82, 2.24) is 14.9 Å². The molecule has 0 unspecified atom stereocenters. The lowest BCUT2D eigenvalue weighted by molar-refractivity contribution is -0.152. The van der Waals surface area contributed by atoms with Gasteiger partial charge in [-0.05, 0) is 31.6 Å². The molecule has 0 atom stereocenters. The highest BCUT2D eigenvalue weighted by molar-refractivity contribution is 6.30. The molecule has 0 aliphatic carbocycles. The third kappa shape index (κ3) is 6.36. The number of anilines is 1. The van der Waals surface area contributed by atoms with Crippen LogP contribution in [0.4, 0.5) is 14.7 Å². The first-order valence-electron chi connectivity index (χ1n) is 11.6. The second-order valence-corrected chi connectivity index (χ2v) is 9.43. The molecule has 0 saturated carbocycles. The Morgan fingerprint density at radius 1 is 1.11 bits per heavy atom. The van der Waals surface area contributed by atoms with Gasteiger partial charge in [0.1, 0.15) is 17.4 Å². The van der Waals surface area contributed by atoms with Crippen LogP contribution in [0.25, 0.3) is 0 Å². The molecule has 4 rings (SSSR count). The number of hydrogen-bond acceptors (Lipinski definition) is 6. The highest BCUT2D eigenvalue weighted by Crippen LogP contribution is 2.26. The first-order valence-corrected chi connectivity index (χ1v) is 12.0. The molecule has 2 fully saturated rings. The Labute approximate surface area is 206 Å². The number of likely N-dealkylation sites (tertiary alicyclic amines) is 1. The predicted molar refractivity (Wildman–Crippen MR) is 124 cm³/mol. The molecule has 1 N–H and O–H groups in total. The van der Waals surface area contributed by atoms with E-state index in [0.29, 0.717) is 23.5 Å². The van der Waals surface area contributed by atoms with Gasteiger partial charge in [0.05, 0.1) is 36.4 Å². The van der Waals surface area contributed by atoms with Gasteiger partial charge in [-0.2, -0.15) is 0 Å². The van der Waals surface area contributed by atoms with Gasteiger partial charge in [-0.3, -0.25) is 9.59 Å². The Kier molecular flexibility index (Phi) is 8.00. The highest BCUT2D eigenvalue weighted by atomic mass is 35.5. The van der Waals surface area contributed by atoms with Crippen molar-refractivity contribution in [3.8, 4) is 5.75 Å². The average Bonchev–Trinajstić information content (AvgIpc) is 2.79. The molecule has 11 heteroatoms. The van der Waals surface area contributed by atoms with Crippen molar-refractivity contribution >= 4 is 29.4 Å². The molecule has 2 saturated heterocycles. The molecule has 3 heterocycles. The summed E-state index contributed by atoms with van der Waals surface area (Å²) in [6.07, 6.45) is 6.43. The summed E-state index contributed by atoms with van der Waals surface area (Å²) in [5, 5.41) is 9.39. The number of carboxylic acids is 1. The van der Waals surface area contributed by atoms with Gasteiger partial charge in [-0.1, -0.05) is 11.6 Å². The van der Waals surface area contributed by atoms with E-state index in [4.69, 9.17) is 21.4 Å². The Morgan fingerprint density at radius 3 is 2.34 bits per heavy atom. The topological polar surface area (TPSA) is 95.9 Å². The number of carboxylic acid groups (broad SMARTS) is 1. The van der Waals surface area contributed by atoms with E-state index in [-0.39, 0.29) is 24.4 Å². The summed E-state index contributed by atoms with van der Waals surface area (Å²) < 4.78 is 34.5. The van der Waals surface area contributed by atoms with Gasteiger partial charge in [0.2, 0.25) is 11.9 Å². The molecule has 1 amide bonds. The first kappa shape index (κ1) is 25.1. The van der Waals surface area contributed by atoms with E-state index in [1.165, 1.54) is 4.90 Å². The van der Waals surface area contributed by atoms with Gasteiger partial charge < -0.3 is 19.6 Å². The van der Waals surface area contributed by atoms with Crippen molar-refractivity contribution in [3.63, 3.8) is 0 Å². The van der Waals surface area contributed by atoms with E-state index in [2.05, 4.69) is 14.9 Å². The number of nitrogens with zero attached hydrogens (tertiary/aromatic N) is 4. The Hall–Kier alpha value is -3.01. The lowest BCUT2D eigenvalue weighted by atomic mass is 9.92. The fraction of sp³-hybridized carbons (Fsp3) is 0.500. The zero-order chi connectivity index (χ0) is 24.9. The van der Waals surface area contributed by atoms with Gasteiger partial charge >= 0.3 is 5.97 Å². The van der Waals surface area contributed by atoms with Gasteiger partial charge in [-0.25, -0.2) is 18.7 Å². The molecule has 0 bridgehead atoms. The van der Waals surface area contributed by atoms with Crippen LogP contribution >= 0.6 is 11.6 Å². The van der Waals surface area contributed by atoms with Crippen molar-refractivity contribution in [3.05, 3.63) is 46.7 Å². The minimum atomic E-state index is -0.981. The zero-order valence-electron chi connectivity index (χ0n) is 19.1. The second-order valence-electron chi connectivity index (χ2n) is 9.00. The Bertz CT molecular complexity index is 1030. The number of carbonyl (C=O) groups excluding carboxylic acids is 1. The van der Waals surface area contributed by atoms with E-state index >= 15 is 0 Å². The second kappa shape index (κ2) is 11.2. The third-order valence-electron chi connectivity index (χ3n) is 6.56. The number of ether oxygens (including phenoxy) is 1. The number of aromatic nitrogens is 2. The van der Waals surface area contributed by atoms with Crippen molar-refractivity contribution in [2.75, 3.05) is 37.7 Å². The first-order chi connectivity index (χ1) is 16.8. The van der Waals surface area contributed by atoms with E-state index in [1.54, 1.807) is 12.4 Å². The monoisotopic (exact) mass is 508 g/mol. The van der Waals surface area contributed by atoms with Gasteiger partial charge in [0, 0.05) is 43.9 Å². The summed E-state index contributed by atoms with van der Waals surface area (Å²) in [6, 6.07) is 2.18. The Balaban J connectivity index is 1.18. The number of amides is 1. The largest absolute Gasteiger partial charge is 0.493 e. The van der Waals surface area contributed by atoms with Gasteiger partial charge in [0.15, 0.2) is 0 Å². The molecule has 35 heavy (non-hydrogen) atoms. The lowest BCUT2D eigenvalue weighted by Gasteiger charge is -2.36. The normalized spacial score (nSPS) is 16.8. The number of piperidine rings is 1. The molecule has 0 radical (unpaired) electrons. The molecule has 0 spiro atoms. The van der Waals surface area contributed by atoms with Crippen LogP contribution in [0.1, 0.15) is 31.2 Å². The van der Waals surface area contributed by atoms with Crippen LogP contribution in [0, 0.1) is 23.5 Å². The quantitative estimate of drug-likeness (QED) is 0.517. The van der Waals surface area contributed by atoms with E-state index in [1.807, 2.05) is 0 Å². The molecule has 2 aliphatic rings. The van der Waals surface area contributed by atoms with Crippen LogP contribution in [0.2, 0.25) is 5.02 Å². The van der Waals surface area contributed by atoms with Gasteiger partial charge in [0.25, 0.3) is 0 Å². The van der Waals surface area contributed by atoms with Crippen LogP contribution in [0.3, 0.4) is 0 Å². The van der Waals surface area contributed by atoms with Crippen molar-refractivity contribution < 1.29 is 28.2 Å². The van der Waals surface area contributed by atoms with Crippen LogP contribution < -0.4 is 9.64 Å². The number of benzene rings is 1. The fourth-order valence-electron chi connectivity index (χ4n) is 4.39. The van der Waals surface area contributed by atoms with Gasteiger partial charge in [-0.15, -0.1) is 0 Å². The SMILES string of the molecule is O=C(O)C1CN(C(=O)Cc2c(F)cc(OCCCC3CCN(c4ncc(Cl)cn4)CC3)cc2F)C1. The van der Waals surface area contributed by atoms with E-state index in [9.17, 15) is 18.4 Å². The standard InChI is InChI=1S/C24H27ClF2N4O4/c25-17-11-28-24(29-12-17)30-5-3-15(4-6-30)2-1-7-35-18-8-20(26)19(21(27)9-18)10-22(32)31-13-16(14-31)23(33)34/h8-9,11-12,15-16H,1-7,10,13-14H2,(H,33,34). The minimum absolute atomic E-state index is 0.0620. The zero-order valence-corrected chi connectivity index (χ0v) is 19.9. The van der Waals surface area contributed by atoms with Crippen LogP contribution in [0.15, 0.2) is 24.5 Å². The molecular weight excluding hydrogens is 482 g/mol. The van der Waals surface area contributed by atoms with Crippen molar-refractivity contribution in [1.29, 1.82) is 0 Å². The van der Waals surface area contributed by atoms with Crippen LogP contribution in [0.5, 0.6) is 5.75 Å². The van der Waals surface area contributed by atoms with Crippen molar-refractivity contribution in [2.45, 2.75) is 32.1 Å². The smallest absolute Gasteiger partial charge is 0.310 e. The molecule has 2 aromatic rings. The molecule has 188 valence electrons. The van der Waals surface area contributed by atoms with E-state index < -0.39 is 35.8 Å². The number of carbonyl (C=O) groups is 2. The third-order valence-corrected chi connectivity index (χ3v) is 6.75. The van der Waals surface area contributed by atoms with E-state index in [0.717, 1.165) is 50.9 Å². The summed E-state index contributed by atoms with van der Waals surface area (Å²) in [5.41, 5.74) is -0.336. The fourth-order valence-corrected chi connectivity index (χ4v) is 4.48. The summed E-state index contributed by atoms with van der Waals surface area (Å²) in [7, 11) is 0. The number of hydrogen-bond donors (Lipinski definition) is 1. The summed E-state index contributed by atoms with van der Waals surface area (Å²) in [5.74, 6) is -2.49. The minimum Gasteiger partial charge on any atom is -0.493 e. The highest BCUT2D eigenvalue weighted by Gasteiger charge is 2.36. The van der Waals surface area contributed by atoms with Crippen molar-refractivity contribution in [2.24, 2.45) is 11.8 Å². The maximum Gasteiger partial charge on any atom is 0.310 e. The van der Waals surface area contributed by atoms with Crippen LogP contribution in [-0.4, -0.2) is 64.6 Å². The molecular formula is C24H27ClF2N4O4.